The van der Waals surface area contributed by atoms with Crippen LogP contribution in [-0.4, -0.2) is 17.5 Å². The molecule has 2 N–H and O–H groups in total. The minimum absolute atomic E-state index is 0.743. The standard InChI is InChI=1S/C12H23NS/c1-7-4-10(7)6-14-11(5-13)12-8(2)9(12)3/h7-12H,4-6,13H2,1-3H3. The second-order valence-electron chi connectivity index (χ2n) is 5.38. The molecule has 0 aromatic heterocycles. The first-order valence-electron chi connectivity index (χ1n) is 5.96. The van der Waals surface area contributed by atoms with Crippen LogP contribution in [0.2, 0.25) is 0 Å². The molecule has 1 nitrogen and oxygen atoms in total. The fourth-order valence-corrected chi connectivity index (χ4v) is 4.41. The Morgan fingerprint density at radius 3 is 2.21 bits per heavy atom. The monoisotopic (exact) mass is 213 g/mol. The predicted molar refractivity (Wildman–Crippen MR) is 64.4 cm³/mol. The third-order valence-electron chi connectivity index (χ3n) is 4.36. The minimum atomic E-state index is 0.743. The molecule has 2 rings (SSSR count). The van der Waals surface area contributed by atoms with E-state index in [9.17, 15) is 0 Å². The Kier molecular flexibility index (Phi) is 3.13. The van der Waals surface area contributed by atoms with Gasteiger partial charge in [0.15, 0.2) is 0 Å². The van der Waals surface area contributed by atoms with Crippen LogP contribution in [0.15, 0.2) is 0 Å². The van der Waals surface area contributed by atoms with Crippen LogP contribution < -0.4 is 5.73 Å². The summed E-state index contributed by atoms with van der Waals surface area (Å²) >= 11 is 2.15. The van der Waals surface area contributed by atoms with Gasteiger partial charge < -0.3 is 5.73 Å². The van der Waals surface area contributed by atoms with Crippen molar-refractivity contribution in [3.05, 3.63) is 0 Å². The summed E-state index contributed by atoms with van der Waals surface area (Å²) in [4.78, 5) is 0. The molecule has 2 aliphatic rings. The zero-order valence-electron chi connectivity index (χ0n) is 9.57. The molecular weight excluding hydrogens is 190 g/mol. The van der Waals surface area contributed by atoms with E-state index in [1.807, 2.05) is 0 Å². The quantitative estimate of drug-likeness (QED) is 0.759. The van der Waals surface area contributed by atoms with Crippen LogP contribution in [-0.2, 0) is 0 Å². The summed E-state index contributed by atoms with van der Waals surface area (Å²) in [5.74, 6) is 6.13. The Bertz CT molecular complexity index is 198. The van der Waals surface area contributed by atoms with Crippen molar-refractivity contribution in [3.63, 3.8) is 0 Å². The number of hydrogen-bond donors (Lipinski definition) is 1. The molecule has 14 heavy (non-hydrogen) atoms. The molecule has 0 spiro atoms. The molecule has 2 fully saturated rings. The van der Waals surface area contributed by atoms with E-state index in [2.05, 4.69) is 32.5 Å². The van der Waals surface area contributed by atoms with Gasteiger partial charge in [0, 0.05) is 11.8 Å². The molecule has 0 bridgehead atoms. The van der Waals surface area contributed by atoms with Crippen LogP contribution in [0.4, 0.5) is 0 Å². The van der Waals surface area contributed by atoms with Crippen LogP contribution in [0.5, 0.6) is 0 Å². The smallest absolute Gasteiger partial charge is 0.0203 e. The molecule has 0 amide bonds. The van der Waals surface area contributed by atoms with Gasteiger partial charge in [0.1, 0.15) is 0 Å². The van der Waals surface area contributed by atoms with Gasteiger partial charge in [0.2, 0.25) is 0 Å². The molecule has 5 atom stereocenters. The lowest BCUT2D eigenvalue weighted by atomic mass is 10.2. The first-order valence-corrected chi connectivity index (χ1v) is 7.01. The third kappa shape index (κ3) is 2.11. The molecule has 0 radical (unpaired) electrons. The van der Waals surface area contributed by atoms with Crippen LogP contribution in [0.25, 0.3) is 0 Å². The Hall–Kier alpha value is 0.310. The lowest BCUT2D eigenvalue weighted by Crippen LogP contribution is -2.21. The van der Waals surface area contributed by atoms with E-state index in [-0.39, 0.29) is 0 Å². The minimum Gasteiger partial charge on any atom is -0.329 e. The fourth-order valence-electron chi connectivity index (χ4n) is 2.59. The highest BCUT2D eigenvalue weighted by molar-refractivity contribution is 7.99. The molecular formula is C12H23NS. The maximum absolute atomic E-state index is 5.86. The fraction of sp³-hybridized carbons (Fsp3) is 1.00. The van der Waals surface area contributed by atoms with Crippen molar-refractivity contribution < 1.29 is 0 Å². The topological polar surface area (TPSA) is 26.0 Å². The molecule has 5 unspecified atom stereocenters. The third-order valence-corrected chi connectivity index (χ3v) is 5.92. The van der Waals surface area contributed by atoms with E-state index in [1.165, 1.54) is 12.2 Å². The summed E-state index contributed by atoms with van der Waals surface area (Å²) in [6, 6.07) is 0. The van der Waals surface area contributed by atoms with Gasteiger partial charge >= 0.3 is 0 Å². The maximum atomic E-state index is 5.86. The molecule has 0 aliphatic heterocycles. The summed E-state index contributed by atoms with van der Waals surface area (Å²) in [6.45, 7) is 7.99. The van der Waals surface area contributed by atoms with Gasteiger partial charge in [-0.05, 0) is 41.8 Å². The lowest BCUT2D eigenvalue weighted by Gasteiger charge is -2.14. The van der Waals surface area contributed by atoms with E-state index < -0.39 is 0 Å². The van der Waals surface area contributed by atoms with Crippen LogP contribution in [0.3, 0.4) is 0 Å². The maximum Gasteiger partial charge on any atom is 0.0203 e. The summed E-state index contributed by atoms with van der Waals surface area (Å²) in [5.41, 5.74) is 5.86. The number of nitrogens with two attached hydrogens (primary N) is 1. The molecule has 0 aromatic carbocycles. The molecule has 0 aromatic rings. The summed E-state index contributed by atoms with van der Waals surface area (Å²) < 4.78 is 0. The van der Waals surface area contributed by atoms with Crippen molar-refractivity contribution in [1.82, 2.24) is 0 Å². The van der Waals surface area contributed by atoms with Gasteiger partial charge in [-0.3, -0.25) is 0 Å². The van der Waals surface area contributed by atoms with Crippen molar-refractivity contribution >= 4 is 11.8 Å². The zero-order chi connectivity index (χ0) is 10.3. The van der Waals surface area contributed by atoms with Gasteiger partial charge in [0.05, 0.1) is 0 Å². The van der Waals surface area contributed by atoms with E-state index in [0.717, 1.165) is 41.4 Å². The molecule has 2 saturated carbocycles. The summed E-state index contributed by atoms with van der Waals surface area (Å²) in [5, 5.41) is 0.743. The van der Waals surface area contributed by atoms with Gasteiger partial charge in [-0.2, -0.15) is 11.8 Å². The van der Waals surface area contributed by atoms with Crippen LogP contribution in [0.1, 0.15) is 27.2 Å². The number of rotatable bonds is 5. The first kappa shape index (κ1) is 10.8. The molecule has 0 heterocycles. The zero-order valence-corrected chi connectivity index (χ0v) is 10.4. The van der Waals surface area contributed by atoms with Crippen molar-refractivity contribution in [1.29, 1.82) is 0 Å². The Morgan fingerprint density at radius 2 is 1.86 bits per heavy atom. The predicted octanol–water partition coefficient (Wildman–Crippen LogP) is 2.60. The van der Waals surface area contributed by atoms with Crippen molar-refractivity contribution in [2.24, 2.45) is 35.3 Å². The normalized spacial score (nSPS) is 47.6. The second-order valence-corrected chi connectivity index (χ2v) is 6.65. The number of thioether (sulfide) groups is 1. The van der Waals surface area contributed by atoms with E-state index in [1.54, 1.807) is 0 Å². The highest BCUT2D eigenvalue weighted by Gasteiger charge is 2.47. The molecule has 2 aliphatic carbocycles. The van der Waals surface area contributed by atoms with Crippen LogP contribution in [0, 0.1) is 29.6 Å². The van der Waals surface area contributed by atoms with E-state index >= 15 is 0 Å². The first-order chi connectivity index (χ1) is 6.65. The van der Waals surface area contributed by atoms with E-state index in [0.29, 0.717) is 0 Å². The Morgan fingerprint density at radius 1 is 1.29 bits per heavy atom. The highest BCUT2D eigenvalue weighted by atomic mass is 32.2. The second kappa shape index (κ2) is 4.05. The van der Waals surface area contributed by atoms with Gasteiger partial charge in [-0.25, -0.2) is 0 Å². The van der Waals surface area contributed by atoms with E-state index in [4.69, 9.17) is 5.73 Å². The largest absolute Gasteiger partial charge is 0.329 e. The van der Waals surface area contributed by atoms with Crippen LogP contribution >= 0.6 is 11.8 Å². The highest BCUT2D eigenvalue weighted by Crippen LogP contribution is 2.52. The van der Waals surface area contributed by atoms with Gasteiger partial charge in [-0.15, -0.1) is 0 Å². The number of hydrogen-bond acceptors (Lipinski definition) is 2. The van der Waals surface area contributed by atoms with Gasteiger partial charge in [0.25, 0.3) is 0 Å². The Balaban J connectivity index is 1.71. The lowest BCUT2D eigenvalue weighted by molar-refractivity contribution is 0.682. The summed E-state index contributed by atoms with van der Waals surface area (Å²) in [7, 11) is 0. The van der Waals surface area contributed by atoms with Gasteiger partial charge in [-0.1, -0.05) is 20.8 Å². The molecule has 0 saturated heterocycles. The van der Waals surface area contributed by atoms with Crippen molar-refractivity contribution in [2.75, 3.05) is 12.3 Å². The Labute approximate surface area is 92.2 Å². The molecule has 82 valence electrons. The average Bonchev–Trinajstić information content (AvgIpc) is 3.00. The molecule has 2 heteroatoms. The van der Waals surface area contributed by atoms with Crippen molar-refractivity contribution in [3.8, 4) is 0 Å². The summed E-state index contributed by atoms with van der Waals surface area (Å²) in [6.07, 6.45) is 1.46. The average molecular weight is 213 g/mol. The van der Waals surface area contributed by atoms with Crippen molar-refractivity contribution in [2.45, 2.75) is 32.4 Å². The SMILES string of the molecule is CC1CC1CSC(CN)C1C(C)C1C.